The fourth-order valence-electron chi connectivity index (χ4n) is 1.99. The fourth-order valence-corrected chi connectivity index (χ4v) is 1.99. The minimum absolute atomic E-state index is 0.205. The second-order valence-electron chi connectivity index (χ2n) is 4.82. The summed E-state index contributed by atoms with van der Waals surface area (Å²) in [7, 11) is 3.17. The van der Waals surface area contributed by atoms with E-state index in [1.165, 1.54) is 0 Å². The molecule has 2 aromatic rings. The Balaban J connectivity index is 2.33. The number of nitrogens with zero attached hydrogens (tertiary/aromatic N) is 2. The van der Waals surface area contributed by atoms with Crippen LogP contribution in [0.5, 0.6) is 11.5 Å². The molecule has 0 aliphatic heterocycles. The number of hydrogen-bond donors (Lipinski definition) is 1. The van der Waals surface area contributed by atoms with E-state index >= 15 is 0 Å². The second kappa shape index (κ2) is 6.58. The van der Waals surface area contributed by atoms with E-state index in [1.807, 2.05) is 13.8 Å². The third-order valence-electron chi connectivity index (χ3n) is 3.44. The van der Waals surface area contributed by atoms with Crippen molar-refractivity contribution in [3.63, 3.8) is 0 Å². The van der Waals surface area contributed by atoms with Crippen LogP contribution in [0, 0.1) is 0 Å². The van der Waals surface area contributed by atoms with Crippen LogP contribution >= 0.6 is 0 Å². The highest BCUT2D eigenvalue weighted by Gasteiger charge is 2.21. The summed E-state index contributed by atoms with van der Waals surface area (Å²) in [6.45, 7) is 3.77. The van der Waals surface area contributed by atoms with E-state index in [0.29, 0.717) is 29.6 Å². The first kappa shape index (κ1) is 15.3. The lowest BCUT2D eigenvalue weighted by Crippen LogP contribution is -2.14. The number of methoxy groups -OCH3 is 2. The van der Waals surface area contributed by atoms with Crippen molar-refractivity contribution in [1.82, 2.24) is 10.1 Å². The van der Waals surface area contributed by atoms with Crippen LogP contribution in [0.2, 0.25) is 0 Å². The third-order valence-corrected chi connectivity index (χ3v) is 3.44. The first-order chi connectivity index (χ1) is 10.1. The van der Waals surface area contributed by atoms with Crippen molar-refractivity contribution in [1.29, 1.82) is 0 Å². The standard InChI is InChI=1S/C15H20N2O4/c1-5-13(18)9(2)15-16-14(17-21-15)10-6-11(19-3)8-12(7-10)20-4/h6-9,13,18H,5H2,1-4H3. The van der Waals surface area contributed by atoms with Gasteiger partial charge >= 0.3 is 0 Å². The van der Waals surface area contributed by atoms with E-state index in [2.05, 4.69) is 10.1 Å². The molecular weight excluding hydrogens is 272 g/mol. The predicted molar refractivity (Wildman–Crippen MR) is 77.6 cm³/mol. The highest BCUT2D eigenvalue weighted by molar-refractivity contribution is 5.60. The van der Waals surface area contributed by atoms with E-state index < -0.39 is 6.10 Å². The topological polar surface area (TPSA) is 77.6 Å². The van der Waals surface area contributed by atoms with Crippen molar-refractivity contribution in [3.05, 3.63) is 24.1 Å². The molecule has 0 fully saturated rings. The van der Waals surface area contributed by atoms with Crippen LogP contribution in [-0.2, 0) is 0 Å². The number of aliphatic hydroxyl groups is 1. The number of aliphatic hydroxyl groups excluding tert-OH is 1. The van der Waals surface area contributed by atoms with Gasteiger partial charge in [-0.1, -0.05) is 19.0 Å². The lowest BCUT2D eigenvalue weighted by atomic mass is 10.0. The molecule has 21 heavy (non-hydrogen) atoms. The summed E-state index contributed by atoms with van der Waals surface area (Å²) in [6.07, 6.45) is 0.129. The van der Waals surface area contributed by atoms with E-state index in [1.54, 1.807) is 32.4 Å². The Labute approximate surface area is 123 Å². The molecule has 2 rings (SSSR count). The first-order valence-electron chi connectivity index (χ1n) is 6.84. The maximum atomic E-state index is 9.86. The molecule has 6 nitrogen and oxygen atoms in total. The van der Waals surface area contributed by atoms with Gasteiger partial charge in [0, 0.05) is 11.6 Å². The lowest BCUT2D eigenvalue weighted by molar-refractivity contribution is 0.129. The third kappa shape index (κ3) is 3.33. The van der Waals surface area contributed by atoms with Gasteiger partial charge in [-0.15, -0.1) is 0 Å². The molecule has 0 spiro atoms. The average molecular weight is 292 g/mol. The number of aromatic nitrogens is 2. The zero-order valence-electron chi connectivity index (χ0n) is 12.7. The molecule has 1 aromatic heterocycles. The van der Waals surface area contributed by atoms with Crippen molar-refractivity contribution in [3.8, 4) is 22.9 Å². The van der Waals surface area contributed by atoms with Crippen molar-refractivity contribution in [2.45, 2.75) is 32.3 Å². The molecule has 2 unspecified atom stereocenters. The Morgan fingerprint density at radius 2 is 1.81 bits per heavy atom. The molecular formula is C15H20N2O4. The summed E-state index contributed by atoms with van der Waals surface area (Å²) < 4.78 is 15.7. The molecule has 6 heteroatoms. The molecule has 0 aliphatic carbocycles. The SMILES string of the molecule is CCC(O)C(C)c1nc(-c2cc(OC)cc(OC)c2)no1. The van der Waals surface area contributed by atoms with Crippen LogP contribution in [0.3, 0.4) is 0 Å². The van der Waals surface area contributed by atoms with Gasteiger partial charge in [0.2, 0.25) is 11.7 Å². The van der Waals surface area contributed by atoms with Gasteiger partial charge in [0.1, 0.15) is 11.5 Å². The van der Waals surface area contributed by atoms with E-state index in [0.717, 1.165) is 5.56 Å². The van der Waals surface area contributed by atoms with Crippen LogP contribution in [0.25, 0.3) is 11.4 Å². The molecule has 0 aliphatic rings. The zero-order chi connectivity index (χ0) is 15.4. The van der Waals surface area contributed by atoms with Crippen LogP contribution in [0.4, 0.5) is 0 Å². The van der Waals surface area contributed by atoms with Gasteiger partial charge in [-0.2, -0.15) is 4.98 Å². The minimum Gasteiger partial charge on any atom is -0.497 e. The number of ether oxygens (including phenoxy) is 2. The second-order valence-corrected chi connectivity index (χ2v) is 4.82. The van der Waals surface area contributed by atoms with Gasteiger partial charge in [-0.05, 0) is 18.6 Å². The zero-order valence-corrected chi connectivity index (χ0v) is 12.7. The molecule has 0 bridgehead atoms. The van der Waals surface area contributed by atoms with Crippen molar-refractivity contribution in [2.24, 2.45) is 0 Å². The van der Waals surface area contributed by atoms with Crippen molar-refractivity contribution in [2.75, 3.05) is 14.2 Å². The quantitative estimate of drug-likeness (QED) is 0.882. The molecule has 1 heterocycles. The van der Waals surface area contributed by atoms with E-state index in [9.17, 15) is 5.11 Å². The summed E-state index contributed by atoms with van der Waals surface area (Å²) in [5.41, 5.74) is 0.736. The van der Waals surface area contributed by atoms with Gasteiger partial charge in [0.05, 0.1) is 26.2 Å². The molecule has 114 valence electrons. The Kier molecular flexibility index (Phi) is 4.80. The van der Waals surface area contributed by atoms with E-state index in [-0.39, 0.29) is 5.92 Å². The number of benzene rings is 1. The highest BCUT2D eigenvalue weighted by atomic mass is 16.5. The summed E-state index contributed by atoms with van der Waals surface area (Å²) in [5, 5.41) is 13.8. The number of rotatable bonds is 6. The Hall–Kier alpha value is -2.08. The predicted octanol–water partition coefficient (Wildman–Crippen LogP) is 2.63. The minimum atomic E-state index is -0.502. The Bertz CT molecular complexity index is 575. The van der Waals surface area contributed by atoms with Crippen LogP contribution in [-0.4, -0.2) is 35.6 Å². The van der Waals surface area contributed by atoms with E-state index in [4.69, 9.17) is 14.0 Å². The maximum Gasteiger partial charge on any atom is 0.232 e. The Morgan fingerprint density at radius 3 is 2.33 bits per heavy atom. The fraction of sp³-hybridized carbons (Fsp3) is 0.467. The van der Waals surface area contributed by atoms with Crippen LogP contribution in [0.1, 0.15) is 32.1 Å². The smallest absolute Gasteiger partial charge is 0.232 e. The average Bonchev–Trinajstić information content (AvgIpc) is 3.02. The largest absolute Gasteiger partial charge is 0.497 e. The molecule has 1 N–H and O–H groups in total. The van der Waals surface area contributed by atoms with Gasteiger partial charge in [-0.25, -0.2) is 0 Å². The molecule has 2 atom stereocenters. The van der Waals surface area contributed by atoms with Crippen LogP contribution < -0.4 is 9.47 Å². The monoisotopic (exact) mass is 292 g/mol. The molecule has 0 saturated heterocycles. The summed E-state index contributed by atoms with van der Waals surface area (Å²) >= 11 is 0. The van der Waals surface area contributed by atoms with Gasteiger partial charge in [0.15, 0.2) is 0 Å². The number of hydrogen-bond acceptors (Lipinski definition) is 6. The molecule has 1 aromatic carbocycles. The molecule has 0 amide bonds. The van der Waals surface area contributed by atoms with Crippen molar-refractivity contribution < 1.29 is 19.1 Å². The summed E-state index contributed by atoms with van der Waals surface area (Å²) in [6, 6.07) is 5.38. The normalized spacial score (nSPS) is 13.8. The van der Waals surface area contributed by atoms with Crippen molar-refractivity contribution >= 4 is 0 Å². The van der Waals surface area contributed by atoms with Gasteiger partial charge in [0.25, 0.3) is 0 Å². The van der Waals surface area contributed by atoms with Gasteiger partial charge in [-0.3, -0.25) is 0 Å². The highest BCUT2D eigenvalue weighted by Crippen LogP contribution is 2.29. The van der Waals surface area contributed by atoms with Crippen LogP contribution in [0.15, 0.2) is 22.7 Å². The van der Waals surface area contributed by atoms with Gasteiger partial charge < -0.3 is 19.1 Å². The summed E-state index contributed by atoms with van der Waals surface area (Å²) in [5.74, 6) is 1.96. The lowest BCUT2D eigenvalue weighted by Gasteiger charge is -2.11. The molecule has 0 radical (unpaired) electrons. The summed E-state index contributed by atoms with van der Waals surface area (Å²) in [4.78, 5) is 4.35. The first-order valence-corrected chi connectivity index (χ1v) is 6.84. The Morgan fingerprint density at radius 1 is 1.19 bits per heavy atom. The molecule has 0 saturated carbocycles. The maximum absolute atomic E-state index is 9.86.